The molecule has 4 heterocycles. The molecular formula is C32H32N8O. The number of nitrogens with one attached hydrogen (secondary N) is 1. The van der Waals surface area contributed by atoms with Crippen molar-refractivity contribution in [2.24, 2.45) is 5.73 Å². The quantitative estimate of drug-likeness (QED) is 0.255. The van der Waals surface area contributed by atoms with Crippen molar-refractivity contribution in [3.63, 3.8) is 0 Å². The van der Waals surface area contributed by atoms with Crippen LogP contribution in [0.5, 0.6) is 0 Å². The predicted octanol–water partition coefficient (Wildman–Crippen LogP) is 5.33. The van der Waals surface area contributed by atoms with Crippen molar-refractivity contribution in [2.45, 2.75) is 26.2 Å². The highest BCUT2D eigenvalue weighted by Gasteiger charge is 2.20. The third-order valence-corrected chi connectivity index (χ3v) is 6.88. The first-order valence-corrected chi connectivity index (χ1v) is 13.4. The largest absolute Gasteiger partial charge is 0.383 e. The van der Waals surface area contributed by atoms with Crippen LogP contribution in [0.1, 0.15) is 33.5 Å². The lowest BCUT2D eigenvalue weighted by molar-refractivity contribution is 0.112. The molecule has 6 aromatic rings. The Hall–Kier alpha value is -5.15. The van der Waals surface area contributed by atoms with Crippen molar-refractivity contribution < 1.29 is 4.79 Å². The molecule has 0 spiro atoms. The molecule has 0 bridgehead atoms. The van der Waals surface area contributed by atoms with Gasteiger partial charge in [0.25, 0.3) is 0 Å². The molecule has 0 radical (unpaired) electrons. The van der Waals surface area contributed by atoms with E-state index in [0.29, 0.717) is 5.82 Å². The lowest BCUT2D eigenvalue weighted by Crippen LogP contribution is -2.03. The number of fused-ring (bicyclic) bond motifs is 2. The van der Waals surface area contributed by atoms with Gasteiger partial charge in [0.05, 0.1) is 17.0 Å². The monoisotopic (exact) mass is 544 g/mol. The Morgan fingerprint density at radius 3 is 2.49 bits per heavy atom. The van der Waals surface area contributed by atoms with Gasteiger partial charge in [0.2, 0.25) is 0 Å². The zero-order valence-corrected chi connectivity index (χ0v) is 23.1. The van der Waals surface area contributed by atoms with Crippen LogP contribution in [0, 0.1) is 6.92 Å². The van der Waals surface area contributed by atoms with Gasteiger partial charge >= 0.3 is 0 Å². The summed E-state index contributed by atoms with van der Waals surface area (Å²) >= 11 is 0. The van der Waals surface area contributed by atoms with E-state index in [9.17, 15) is 4.79 Å². The summed E-state index contributed by atoms with van der Waals surface area (Å²) in [5.74, 6) is 1.19. The molecule has 0 saturated heterocycles. The standard InChI is InChI=1S/C23H19N7.C8H8O.CH5N/c24-21-17(5-2-11-25-21)22-28-20-9-8-18(19-10-12-26-29-19)27-23(20)30(22)16-7-6-14-3-1-4-15(14)13-16;1-7-3-2-4-8(5-7)6-9;1-2/h2,5-13H,1,3-4H2,(H2,24,25)(H,26,29);2-6H,1H3;2H2,1H3. The topological polar surface area (TPSA) is 141 Å². The van der Waals surface area contributed by atoms with Crippen molar-refractivity contribution in [2.75, 3.05) is 12.8 Å². The maximum absolute atomic E-state index is 10.2. The minimum Gasteiger partial charge on any atom is -0.383 e. The second-order valence-corrected chi connectivity index (χ2v) is 9.56. The summed E-state index contributed by atoms with van der Waals surface area (Å²) in [7, 11) is 1.50. The Kier molecular flexibility index (Phi) is 8.26. The predicted molar refractivity (Wildman–Crippen MR) is 163 cm³/mol. The first kappa shape index (κ1) is 27.4. The van der Waals surface area contributed by atoms with E-state index in [1.807, 2.05) is 55.5 Å². The molecule has 0 saturated carbocycles. The summed E-state index contributed by atoms with van der Waals surface area (Å²) in [6.07, 6.45) is 7.72. The molecule has 4 aromatic heterocycles. The van der Waals surface area contributed by atoms with E-state index in [0.717, 1.165) is 69.9 Å². The van der Waals surface area contributed by atoms with E-state index >= 15 is 0 Å². The highest BCUT2D eigenvalue weighted by molar-refractivity contribution is 5.84. The van der Waals surface area contributed by atoms with Gasteiger partial charge in [0, 0.05) is 23.6 Å². The van der Waals surface area contributed by atoms with E-state index < -0.39 is 0 Å². The number of nitrogens with two attached hydrogens (primary N) is 2. The van der Waals surface area contributed by atoms with Crippen molar-refractivity contribution in [3.05, 3.63) is 107 Å². The smallest absolute Gasteiger partial charge is 0.165 e. The van der Waals surface area contributed by atoms with Gasteiger partial charge in [-0.05, 0) is 92.9 Å². The minimum absolute atomic E-state index is 0.448. The number of nitrogen functional groups attached to an aromatic ring is 1. The number of imidazole rings is 1. The number of aromatic nitrogens is 6. The number of H-pyrrole nitrogens is 1. The number of aldehydes is 1. The lowest BCUT2D eigenvalue weighted by atomic mass is 10.1. The van der Waals surface area contributed by atoms with Crippen molar-refractivity contribution >= 4 is 23.3 Å². The van der Waals surface area contributed by atoms with Crippen molar-refractivity contribution in [3.8, 4) is 28.5 Å². The van der Waals surface area contributed by atoms with Crippen LogP contribution in [0.4, 0.5) is 5.82 Å². The molecule has 9 heteroatoms. The fourth-order valence-corrected chi connectivity index (χ4v) is 4.98. The zero-order chi connectivity index (χ0) is 28.8. The van der Waals surface area contributed by atoms with E-state index in [4.69, 9.17) is 15.7 Å². The molecule has 1 aliphatic carbocycles. The average molecular weight is 545 g/mol. The molecule has 0 atom stereocenters. The normalized spacial score (nSPS) is 11.7. The first-order chi connectivity index (χ1) is 20.1. The van der Waals surface area contributed by atoms with Gasteiger partial charge < -0.3 is 11.5 Å². The second kappa shape index (κ2) is 12.4. The molecule has 5 N–H and O–H groups in total. The number of pyridine rings is 2. The van der Waals surface area contributed by atoms with Crippen LogP contribution in [0.15, 0.2) is 85.2 Å². The van der Waals surface area contributed by atoms with Crippen LogP contribution < -0.4 is 11.5 Å². The number of hydrogen-bond acceptors (Lipinski definition) is 7. The van der Waals surface area contributed by atoms with Crippen LogP contribution in [-0.4, -0.2) is 43.1 Å². The molecule has 0 fully saturated rings. The number of anilines is 1. The lowest BCUT2D eigenvalue weighted by Gasteiger charge is -2.12. The zero-order valence-electron chi connectivity index (χ0n) is 23.1. The highest BCUT2D eigenvalue weighted by Crippen LogP contribution is 2.33. The Labute approximate surface area is 238 Å². The molecule has 0 aliphatic heterocycles. The van der Waals surface area contributed by atoms with Gasteiger partial charge in [0.15, 0.2) is 11.5 Å². The van der Waals surface area contributed by atoms with Crippen LogP contribution in [-0.2, 0) is 12.8 Å². The molecule has 9 nitrogen and oxygen atoms in total. The first-order valence-electron chi connectivity index (χ1n) is 13.4. The van der Waals surface area contributed by atoms with Gasteiger partial charge in [-0.25, -0.2) is 15.0 Å². The second-order valence-electron chi connectivity index (χ2n) is 9.56. The number of aromatic amines is 1. The van der Waals surface area contributed by atoms with E-state index in [2.05, 4.69) is 43.7 Å². The van der Waals surface area contributed by atoms with E-state index in [1.165, 1.54) is 24.6 Å². The summed E-state index contributed by atoms with van der Waals surface area (Å²) in [6.45, 7) is 1.97. The number of nitrogens with zero attached hydrogens (tertiary/aromatic N) is 5. The third kappa shape index (κ3) is 5.75. The van der Waals surface area contributed by atoms with Gasteiger partial charge in [0.1, 0.15) is 17.6 Å². The Bertz CT molecular complexity index is 1790. The fourth-order valence-electron chi connectivity index (χ4n) is 4.98. The Morgan fingerprint density at radius 1 is 0.902 bits per heavy atom. The molecule has 0 amide bonds. The van der Waals surface area contributed by atoms with Gasteiger partial charge in [-0.3, -0.25) is 14.5 Å². The summed E-state index contributed by atoms with van der Waals surface area (Å²) in [6, 6.07) is 23.8. The summed E-state index contributed by atoms with van der Waals surface area (Å²) in [5, 5.41) is 7.04. The van der Waals surface area contributed by atoms with E-state index in [1.54, 1.807) is 18.5 Å². The van der Waals surface area contributed by atoms with Gasteiger partial charge in [-0.2, -0.15) is 5.10 Å². The number of aryl methyl sites for hydroxylation is 3. The SMILES string of the molecule is CN.Cc1cccc(C=O)c1.Nc1ncccc1-c1nc2ccc(-c3ccn[nH]3)nc2n1-c1ccc2c(c1)CCC2. The number of carbonyl (C=O) groups excluding carboxylic acids is 1. The van der Waals surface area contributed by atoms with Crippen molar-refractivity contribution in [1.29, 1.82) is 0 Å². The van der Waals surface area contributed by atoms with Crippen LogP contribution >= 0.6 is 0 Å². The minimum atomic E-state index is 0.448. The number of rotatable bonds is 4. The molecule has 206 valence electrons. The van der Waals surface area contributed by atoms with Crippen LogP contribution in [0.25, 0.3) is 39.6 Å². The van der Waals surface area contributed by atoms with Crippen molar-refractivity contribution in [1.82, 2.24) is 29.7 Å². The summed E-state index contributed by atoms with van der Waals surface area (Å²) in [4.78, 5) is 24.2. The Morgan fingerprint density at radius 2 is 1.76 bits per heavy atom. The molecule has 7 rings (SSSR count). The van der Waals surface area contributed by atoms with Crippen LogP contribution in [0.3, 0.4) is 0 Å². The summed E-state index contributed by atoms with van der Waals surface area (Å²) < 4.78 is 2.08. The number of hydrogen-bond donors (Lipinski definition) is 3. The summed E-state index contributed by atoms with van der Waals surface area (Å²) in [5.41, 5.74) is 20.5. The maximum Gasteiger partial charge on any atom is 0.165 e. The number of carbonyl (C=O) groups is 1. The highest BCUT2D eigenvalue weighted by atomic mass is 16.1. The molecule has 1 aliphatic rings. The Balaban J connectivity index is 0.000000262. The fraction of sp³-hybridized carbons (Fsp3) is 0.156. The molecule has 2 aromatic carbocycles. The van der Waals surface area contributed by atoms with E-state index in [-0.39, 0.29) is 0 Å². The van der Waals surface area contributed by atoms with Gasteiger partial charge in [-0.15, -0.1) is 0 Å². The molecule has 0 unspecified atom stereocenters. The average Bonchev–Trinajstić information content (AvgIpc) is 3.78. The number of benzene rings is 2. The third-order valence-electron chi connectivity index (χ3n) is 6.88. The molecular weight excluding hydrogens is 512 g/mol. The van der Waals surface area contributed by atoms with Gasteiger partial charge in [-0.1, -0.05) is 29.8 Å². The van der Waals surface area contributed by atoms with Crippen LogP contribution in [0.2, 0.25) is 0 Å². The molecule has 41 heavy (non-hydrogen) atoms. The maximum atomic E-state index is 10.2.